The van der Waals surface area contributed by atoms with Crippen molar-refractivity contribution < 1.29 is 0 Å². The number of hydrogen-bond acceptors (Lipinski definition) is 2. The molecule has 0 amide bonds. The second-order valence-corrected chi connectivity index (χ2v) is 5.12. The Labute approximate surface area is 84.2 Å². The average molecular weight is 195 g/mol. The van der Waals surface area contributed by atoms with Gasteiger partial charge in [-0.3, -0.25) is 0 Å². The maximum atomic E-state index is 3.62. The summed E-state index contributed by atoms with van der Waals surface area (Å²) in [6.07, 6.45) is 5.45. The summed E-state index contributed by atoms with van der Waals surface area (Å²) in [4.78, 5) is 2.96. The molecule has 0 bridgehead atoms. The molecule has 2 heterocycles. The van der Waals surface area contributed by atoms with Gasteiger partial charge in [-0.25, -0.2) is 0 Å². The molecule has 0 radical (unpaired) electrons. The normalized spacial score (nSPS) is 24.2. The highest BCUT2D eigenvalue weighted by molar-refractivity contribution is 7.12. The van der Waals surface area contributed by atoms with Gasteiger partial charge in [-0.2, -0.15) is 0 Å². The molecule has 1 N–H and O–H groups in total. The van der Waals surface area contributed by atoms with Crippen molar-refractivity contribution in [2.75, 3.05) is 6.54 Å². The predicted molar refractivity (Wildman–Crippen MR) is 58.3 cm³/mol. The van der Waals surface area contributed by atoms with Gasteiger partial charge in [-0.1, -0.05) is 12.8 Å². The van der Waals surface area contributed by atoms with Crippen molar-refractivity contribution in [2.24, 2.45) is 0 Å². The van der Waals surface area contributed by atoms with Crippen LogP contribution in [0.15, 0.2) is 12.1 Å². The summed E-state index contributed by atoms with van der Waals surface area (Å²) in [5, 5.41) is 3.62. The molecule has 13 heavy (non-hydrogen) atoms. The van der Waals surface area contributed by atoms with Crippen molar-refractivity contribution in [1.29, 1.82) is 0 Å². The first kappa shape index (κ1) is 9.22. The van der Waals surface area contributed by atoms with Crippen molar-refractivity contribution in [2.45, 2.75) is 38.6 Å². The maximum absolute atomic E-state index is 3.62. The highest BCUT2D eigenvalue weighted by atomic mass is 32.1. The predicted octanol–water partition coefficient (Wildman–Crippen LogP) is 3.26. The minimum atomic E-state index is 0.640. The van der Waals surface area contributed by atoms with Crippen molar-refractivity contribution in [3.63, 3.8) is 0 Å². The molecule has 0 aliphatic carbocycles. The second kappa shape index (κ2) is 4.25. The number of hydrogen-bond donors (Lipinski definition) is 1. The Kier molecular flexibility index (Phi) is 3.01. The molecule has 72 valence electrons. The van der Waals surface area contributed by atoms with Crippen LogP contribution in [0.25, 0.3) is 0 Å². The summed E-state index contributed by atoms with van der Waals surface area (Å²) in [5.74, 6) is 0. The van der Waals surface area contributed by atoms with Crippen LogP contribution >= 0.6 is 11.3 Å². The van der Waals surface area contributed by atoms with Gasteiger partial charge in [-0.15, -0.1) is 11.3 Å². The molecule has 1 fully saturated rings. The molecule has 0 unspecified atom stereocenters. The average Bonchev–Trinajstić information content (AvgIpc) is 2.43. The number of rotatable bonds is 1. The Morgan fingerprint density at radius 1 is 1.31 bits per heavy atom. The lowest BCUT2D eigenvalue weighted by molar-refractivity contribution is 0.543. The zero-order chi connectivity index (χ0) is 9.10. The molecule has 1 aromatic rings. The first-order valence-corrected chi connectivity index (χ1v) is 5.97. The van der Waals surface area contributed by atoms with Gasteiger partial charge in [0.05, 0.1) is 0 Å². The zero-order valence-corrected chi connectivity index (χ0v) is 8.99. The van der Waals surface area contributed by atoms with Gasteiger partial charge in [0.15, 0.2) is 0 Å². The van der Waals surface area contributed by atoms with E-state index in [2.05, 4.69) is 24.4 Å². The van der Waals surface area contributed by atoms with Crippen molar-refractivity contribution in [1.82, 2.24) is 5.32 Å². The van der Waals surface area contributed by atoms with E-state index in [1.807, 2.05) is 11.3 Å². The van der Waals surface area contributed by atoms with Crippen LogP contribution in [0, 0.1) is 6.92 Å². The van der Waals surface area contributed by atoms with Gasteiger partial charge >= 0.3 is 0 Å². The van der Waals surface area contributed by atoms with Crippen LogP contribution in [0.5, 0.6) is 0 Å². The molecule has 1 saturated heterocycles. The standard InChI is InChI=1S/C11H17NS/c1-9-6-7-11(13-9)10-5-3-2-4-8-12-10/h6-7,10,12H,2-5,8H2,1H3/t10-/m0/s1. The molecular weight excluding hydrogens is 178 g/mol. The third kappa shape index (κ3) is 2.32. The van der Waals surface area contributed by atoms with Crippen LogP contribution in [0.1, 0.15) is 41.5 Å². The van der Waals surface area contributed by atoms with E-state index in [1.165, 1.54) is 42.0 Å². The van der Waals surface area contributed by atoms with Gasteiger partial charge in [0.25, 0.3) is 0 Å². The molecule has 2 rings (SSSR count). The molecule has 0 saturated carbocycles. The Morgan fingerprint density at radius 3 is 3.00 bits per heavy atom. The van der Waals surface area contributed by atoms with Gasteiger partial charge in [0, 0.05) is 15.8 Å². The summed E-state index contributed by atoms with van der Waals surface area (Å²) in [6, 6.07) is 5.15. The van der Waals surface area contributed by atoms with Crippen LogP contribution in [0.2, 0.25) is 0 Å². The van der Waals surface area contributed by atoms with Crippen molar-refractivity contribution in [3.8, 4) is 0 Å². The summed E-state index contributed by atoms with van der Waals surface area (Å²) >= 11 is 1.94. The highest BCUT2D eigenvalue weighted by Crippen LogP contribution is 2.28. The van der Waals surface area contributed by atoms with E-state index in [9.17, 15) is 0 Å². The highest BCUT2D eigenvalue weighted by Gasteiger charge is 2.14. The van der Waals surface area contributed by atoms with E-state index in [0.717, 1.165) is 0 Å². The number of nitrogens with one attached hydrogen (secondary N) is 1. The quantitative estimate of drug-likeness (QED) is 0.725. The molecule has 1 aliphatic heterocycles. The largest absolute Gasteiger partial charge is 0.309 e. The third-order valence-corrected chi connectivity index (χ3v) is 3.78. The number of thiophene rings is 1. The fourth-order valence-corrected chi connectivity index (χ4v) is 2.90. The Bertz CT molecular complexity index is 259. The molecule has 1 atom stereocenters. The van der Waals surface area contributed by atoms with E-state index in [4.69, 9.17) is 0 Å². The Morgan fingerprint density at radius 2 is 2.23 bits per heavy atom. The first-order valence-electron chi connectivity index (χ1n) is 5.16. The van der Waals surface area contributed by atoms with Gasteiger partial charge in [0.1, 0.15) is 0 Å². The van der Waals surface area contributed by atoms with E-state index in [1.54, 1.807) is 0 Å². The van der Waals surface area contributed by atoms with E-state index in [0.29, 0.717) is 6.04 Å². The number of aryl methyl sites for hydroxylation is 1. The Hall–Kier alpha value is -0.340. The fraction of sp³-hybridized carbons (Fsp3) is 0.636. The fourth-order valence-electron chi connectivity index (χ4n) is 1.91. The SMILES string of the molecule is Cc1ccc([C@@H]2CCCCCN2)s1. The molecule has 0 spiro atoms. The lowest BCUT2D eigenvalue weighted by atomic mass is 10.1. The van der Waals surface area contributed by atoms with Crippen LogP contribution in [0.3, 0.4) is 0 Å². The smallest absolute Gasteiger partial charge is 0.0414 e. The summed E-state index contributed by atoms with van der Waals surface area (Å²) in [5.41, 5.74) is 0. The zero-order valence-electron chi connectivity index (χ0n) is 8.18. The minimum Gasteiger partial charge on any atom is -0.309 e. The van der Waals surface area contributed by atoms with Gasteiger partial charge in [0.2, 0.25) is 0 Å². The molecule has 1 aliphatic rings. The lowest BCUT2D eigenvalue weighted by Gasteiger charge is -2.13. The molecular formula is C11H17NS. The summed E-state index contributed by atoms with van der Waals surface area (Å²) in [6.45, 7) is 3.38. The monoisotopic (exact) mass is 195 g/mol. The summed E-state index contributed by atoms with van der Waals surface area (Å²) < 4.78 is 0. The third-order valence-electron chi connectivity index (χ3n) is 2.66. The minimum absolute atomic E-state index is 0.640. The van der Waals surface area contributed by atoms with E-state index in [-0.39, 0.29) is 0 Å². The van der Waals surface area contributed by atoms with Gasteiger partial charge < -0.3 is 5.32 Å². The molecule has 1 aromatic heterocycles. The molecule has 2 heteroatoms. The van der Waals surface area contributed by atoms with Gasteiger partial charge in [-0.05, 0) is 38.4 Å². The first-order chi connectivity index (χ1) is 6.36. The summed E-state index contributed by atoms with van der Waals surface area (Å²) in [7, 11) is 0. The maximum Gasteiger partial charge on any atom is 0.0414 e. The molecule has 0 aromatic carbocycles. The van der Waals surface area contributed by atoms with E-state index < -0.39 is 0 Å². The Balaban J connectivity index is 2.06. The lowest BCUT2D eigenvalue weighted by Crippen LogP contribution is -2.19. The topological polar surface area (TPSA) is 12.0 Å². The van der Waals surface area contributed by atoms with E-state index >= 15 is 0 Å². The van der Waals surface area contributed by atoms with Crippen LogP contribution in [-0.4, -0.2) is 6.54 Å². The van der Waals surface area contributed by atoms with Crippen molar-refractivity contribution in [3.05, 3.63) is 21.9 Å². The van der Waals surface area contributed by atoms with Crippen LogP contribution in [0.4, 0.5) is 0 Å². The molecule has 1 nitrogen and oxygen atoms in total. The second-order valence-electron chi connectivity index (χ2n) is 3.80. The van der Waals surface area contributed by atoms with Crippen LogP contribution in [-0.2, 0) is 0 Å². The van der Waals surface area contributed by atoms with Crippen LogP contribution < -0.4 is 5.32 Å². The van der Waals surface area contributed by atoms with Crippen molar-refractivity contribution >= 4 is 11.3 Å².